The number of amides is 1. The first-order valence-corrected chi connectivity index (χ1v) is 8.65. The fraction of sp³-hybridized carbons (Fsp3) is 0.100. The molecule has 1 heterocycles. The summed E-state index contributed by atoms with van der Waals surface area (Å²) < 4.78 is 5.21. The van der Waals surface area contributed by atoms with Crippen molar-refractivity contribution < 1.29 is 9.53 Å². The largest absolute Gasteiger partial charge is 0.497 e. The van der Waals surface area contributed by atoms with Crippen molar-refractivity contribution >= 4 is 29.1 Å². The molecular formula is C20H16Cl2N2O2. The molecule has 0 aliphatic heterocycles. The van der Waals surface area contributed by atoms with E-state index in [1.165, 1.54) is 12.3 Å². The Morgan fingerprint density at radius 3 is 2.31 bits per heavy atom. The van der Waals surface area contributed by atoms with Gasteiger partial charge in [-0.2, -0.15) is 0 Å². The number of aromatic nitrogens is 1. The highest BCUT2D eigenvalue weighted by Gasteiger charge is 2.18. The van der Waals surface area contributed by atoms with E-state index in [1.54, 1.807) is 7.11 Å². The summed E-state index contributed by atoms with van der Waals surface area (Å²) >= 11 is 11.8. The number of nitrogens with zero attached hydrogens (tertiary/aromatic N) is 1. The standard InChI is InChI=1S/C20H16Cl2N2O2/c1-26-16-9-7-14(8-10-16)18(13-5-3-2-4-6-13)24-20(25)15-11-17(21)19(22)23-12-15/h2-12,18H,1H3,(H,24,25). The molecule has 132 valence electrons. The smallest absolute Gasteiger partial charge is 0.253 e. The van der Waals surface area contributed by atoms with Crippen molar-refractivity contribution in [1.29, 1.82) is 0 Å². The second-order valence-corrected chi connectivity index (χ2v) is 6.35. The van der Waals surface area contributed by atoms with Crippen molar-refractivity contribution in [3.63, 3.8) is 0 Å². The Balaban J connectivity index is 1.92. The summed E-state index contributed by atoms with van der Waals surface area (Å²) in [6, 6.07) is 18.4. The van der Waals surface area contributed by atoms with Crippen LogP contribution in [0.2, 0.25) is 10.2 Å². The van der Waals surface area contributed by atoms with Gasteiger partial charge in [-0.05, 0) is 29.3 Å². The van der Waals surface area contributed by atoms with Crippen molar-refractivity contribution in [1.82, 2.24) is 10.3 Å². The van der Waals surface area contributed by atoms with Gasteiger partial charge >= 0.3 is 0 Å². The van der Waals surface area contributed by atoms with Gasteiger partial charge in [0, 0.05) is 6.20 Å². The Morgan fingerprint density at radius 2 is 1.69 bits per heavy atom. The van der Waals surface area contributed by atoms with Crippen LogP contribution in [-0.2, 0) is 0 Å². The molecule has 2 aromatic carbocycles. The average molecular weight is 387 g/mol. The van der Waals surface area contributed by atoms with E-state index in [1.807, 2.05) is 54.6 Å². The van der Waals surface area contributed by atoms with Crippen molar-refractivity contribution in [2.24, 2.45) is 0 Å². The molecule has 0 radical (unpaired) electrons. The lowest BCUT2D eigenvalue weighted by atomic mass is 9.98. The van der Waals surface area contributed by atoms with Crippen LogP contribution in [0.3, 0.4) is 0 Å². The summed E-state index contributed by atoms with van der Waals surface area (Å²) in [5.74, 6) is 0.460. The molecule has 3 rings (SSSR count). The number of pyridine rings is 1. The summed E-state index contributed by atoms with van der Waals surface area (Å²) in [6.45, 7) is 0. The molecule has 6 heteroatoms. The third-order valence-corrected chi connectivity index (χ3v) is 4.60. The van der Waals surface area contributed by atoms with Gasteiger partial charge in [0.1, 0.15) is 10.9 Å². The van der Waals surface area contributed by atoms with Crippen molar-refractivity contribution in [3.8, 4) is 5.75 Å². The molecule has 4 nitrogen and oxygen atoms in total. The van der Waals surface area contributed by atoms with Crippen LogP contribution in [0.4, 0.5) is 0 Å². The normalized spacial score (nSPS) is 11.7. The van der Waals surface area contributed by atoms with Crippen LogP contribution in [0, 0.1) is 0 Å². The van der Waals surface area contributed by atoms with Crippen molar-refractivity contribution in [3.05, 3.63) is 93.7 Å². The first-order valence-electron chi connectivity index (χ1n) is 7.89. The molecule has 1 aromatic heterocycles. The molecule has 1 atom stereocenters. The highest BCUT2D eigenvalue weighted by Crippen LogP contribution is 2.25. The van der Waals surface area contributed by atoms with Crippen LogP contribution in [0.1, 0.15) is 27.5 Å². The van der Waals surface area contributed by atoms with Gasteiger partial charge < -0.3 is 10.1 Å². The minimum Gasteiger partial charge on any atom is -0.497 e. The van der Waals surface area contributed by atoms with Gasteiger partial charge in [0.05, 0.1) is 23.7 Å². The van der Waals surface area contributed by atoms with E-state index in [9.17, 15) is 4.79 Å². The monoisotopic (exact) mass is 386 g/mol. The molecule has 0 spiro atoms. The fourth-order valence-electron chi connectivity index (χ4n) is 2.56. The third-order valence-electron chi connectivity index (χ3n) is 3.92. The first-order chi connectivity index (χ1) is 12.6. The summed E-state index contributed by atoms with van der Waals surface area (Å²) in [6.07, 6.45) is 1.40. The lowest BCUT2D eigenvalue weighted by Crippen LogP contribution is -2.29. The van der Waals surface area contributed by atoms with E-state index in [4.69, 9.17) is 27.9 Å². The van der Waals surface area contributed by atoms with Crippen LogP contribution in [0.5, 0.6) is 5.75 Å². The molecule has 0 fully saturated rings. The van der Waals surface area contributed by atoms with E-state index >= 15 is 0 Å². The molecule has 26 heavy (non-hydrogen) atoms. The van der Waals surface area contributed by atoms with E-state index in [2.05, 4.69) is 10.3 Å². The number of hydrogen-bond donors (Lipinski definition) is 1. The highest BCUT2D eigenvalue weighted by molar-refractivity contribution is 6.41. The second kappa shape index (κ2) is 8.21. The highest BCUT2D eigenvalue weighted by atomic mass is 35.5. The SMILES string of the molecule is COc1ccc(C(NC(=O)c2cnc(Cl)c(Cl)c2)c2ccccc2)cc1. The molecule has 0 bridgehead atoms. The Morgan fingerprint density at radius 1 is 1.04 bits per heavy atom. The minimum absolute atomic E-state index is 0.165. The molecule has 0 saturated heterocycles. The predicted octanol–water partition coefficient (Wildman–Crippen LogP) is 4.92. The summed E-state index contributed by atoms with van der Waals surface area (Å²) in [5.41, 5.74) is 2.23. The van der Waals surface area contributed by atoms with Crippen molar-refractivity contribution in [2.45, 2.75) is 6.04 Å². The number of ether oxygens (including phenoxy) is 1. The maximum absolute atomic E-state index is 12.7. The number of hydrogen-bond acceptors (Lipinski definition) is 3. The number of methoxy groups -OCH3 is 1. The van der Waals surface area contributed by atoms with E-state index < -0.39 is 0 Å². The Bertz CT molecular complexity index is 899. The van der Waals surface area contributed by atoms with E-state index in [0.717, 1.165) is 16.9 Å². The first kappa shape index (κ1) is 18.2. The number of halogens is 2. The van der Waals surface area contributed by atoms with Gasteiger partial charge in [0.15, 0.2) is 0 Å². The molecule has 3 aromatic rings. The number of carbonyl (C=O) groups is 1. The number of rotatable bonds is 5. The maximum atomic E-state index is 12.7. The Hall–Kier alpha value is -2.56. The minimum atomic E-state index is -0.330. The van der Waals surface area contributed by atoms with Crippen LogP contribution in [-0.4, -0.2) is 18.0 Å². The molecule has 0 aliphatic rings. The average Bonchev–Trinajstić information content (AvgIpc) is 2.69. The van der Waals surface area contributed by atoms with Crippen LogP contribution in [0.25, 0.3) is 0 Å². The van der Waals surface area contributed by atoms with Crippen LogP contribution in [0.15, 0.2) is 66.9 Å². The molecule has 1 amide bonds. The summed E-state index contributed by atoms with van der Waals surface area (Å²) in [5, 5.41) is 3.43. The zero-order valence-electron chi connectivity index (χ0n) is 13.9. The number of nitrogens with one attached hydrogen (secondary N) is 1. The van der Waals surface area contributed by atoms with E-state index in [-0.39, 0.29) is 22.1 Å². The molecular weight excluding hydrogens is 371 g/mol. The van der Waals surface area contributed by atoms with Gasteiger partial charge in [-0.1, -0.05) is 65.7 Å². The molecule has 0 saturated carbocycles. The lowest BCUT2D eigenvalue weighted by molar-refractivity contribution is 0.0942. The maximum Gasteiger partial charge on any atom is 0.253 e. The third kappa shape index (κ3) is 4.15. The molecule has 0 aliphatic carbocycles. The van der Waals surface area contributed by atoms with Crippen LogP contribution >= 0.6 is 23.2 Å². The molecule has 1 unspecified atom stereocenters. The Labute approximate surface area is 161 Å². The van der Waals surface area contributed by atoms with Gasteiger partial charge in [0.2, 0.25) is 0 Å². The topological polar surface area (TPSA) is 51.2 Å². The lowest BCUT2D eigenvalue weighted by Gasteiger charge is -2.20. The quantitative estimate of drug-likeness (QED) is 0.633. The van der Waals surface area contributed by atoms with Gasteiger partial charge in [-0.15, -0.1) is 0 Å². The van der Waals surface area contributed by atoms with Gasteiger partial charge in [-0.3, -0.25) is 4.79 Å². The van der Waals surface area contributed by atoms with Crippen molar-refractivity contribution in [2.75, 3.05) is 7.11 Å². The summed E-state index contributed by atoms with van der Waals surface area (Å²) in [7, 11) is 1.61. The Kier molecular flexibility index (Phi) is 5.76. The molecule has 1 N–H and O–H groups in total. The van der Waals surface area contributed by atoms with Gasteiger partial charge in [-0.25, -0.2) is 4.98 Å². The van der Waals surface area contributed by atoms with E-state index in [0.29, 0.717) is 5.56 Å². The summed E-state index contributed by atoms with van der Waals surface area (Å²) in [4.78, 5) is 16.6. The van der Waals surface area contributed by atoms with Crippen LogP contribution < -0.4 is 10.1 Å². The zero-order chi connectivity index (χ0) is 18.5. The number of carbonyl (C=O) groups excluding carboxylic acids is 1. The fourth-order valence-corrected chi connectivity index (χ4v) is 2.83. The number of benzene rings is 2. The predicted molar refractivity (Wildman–Crippen MR) is 103 cm³/mol. The zero-order valence-corrected chi connectivity index (χ0v) is 15.5. The van der Waals surface area contributed by atoms with Gasteiger partial charge in [0.25, 0.3) is 5.91 Å². The second-order valence-electron chi connectivity index (χ2n) is 5.59.